The molecule has 3 heterocycles. The van der Waals surface area contributed by atoms with Gasteiger partial charge in [0.15, 0.2) is 0 Å². The zero-order valence-electron chi connectivity index (χ0n) is 12.2. The summed E-state index contributed by atoms with van der Waals surface area (Å²) in [5.74, 6) is 1.75. The van der Waals surface area contributed by atoms with Gasteiger partial charge in [0.1, 0.15) is 6.33 Å². The number of hydrogen-bond acceptors (Lipinski definition) is 6. The molecule has 3 rings (SSSR count). The minimum absolute atomic E-state index is 0.283. The van der Waals surface area contributed by atoms with Crippen molar-refractivity contribution in [2.75, 3.05) is 44.2 Å². The van der Waals surface area contributed by atoms with E-state index in [-0.39, 0.29) is 5.91 Å². The van der Waals surface area contributed by atoms with Gasteiger partial charge < -0.3 is 9.80 Å². The van der Waals surface area contributed by atoms with E-state index in [2.05, 4.69) is 30.9 Å². The van der Waals surface area contributed by atoms with Crippen LogP contribution < -0.4 is 15.8 Å². The van der Waals surface area contributed by atoms with Gasteiger partial charge in [-0.2, -0.15) is 10.1 Å². The molecule has 0 bridgehead atoms. The lowest BCUT2D eigenvalue weighted by atomic mass is 10.0. The molecule has 8 nitrogen and oxygen atoms in total. The van der Waals surface area contributed by atoms with Crippen LogP contribution in [0.25, 0.3) is 0 Å². The molecule has 2 fully saturated rings. The van der Waals surface area contributed by atoms with E-state index in [1.54, 1.807) is 0 Å². The van der Waals surface area contributed by atoms with Gasteiger partial charge in [-0.1, -0.05) is 0 Å². The van der Waals surface area contributed by atoms with Crippen molar-refractivity contribution < 1.29 is 4.79 Å². The van der Waals surface area contributed by atoms with Gasteiger partial charge >= 0.3 is 0 Å². The first-order valence-electron chi connectivity index (χ1n) is 7.67. The second-order valence-electron chi connectivity index (χ2n) is 5.70. The van der Waals surface area contributed by atoms with E-state index < -0.39 is 0 Å². The molecule has 0 unspecified atom stereocenters. The van der Waals surface area contributed by atoms with E-state index in [4.69, 9.17) is 0 Å². The number of nitrogens with zero attached hydrogens (tertiary/aromatic N) is 4. The Morgan fingerprint density at radius 2 is 2.00 bits per heavy atom. The maximum atomic E-state index is 12.2. The summed E-state index contributed by atoms with van der Waals surface area (Å²) in [6, 6.07) is 0. The molecule has 8 heteroatoms. The highest BCUT2D eigenvalue weighted by Crippen LogP contribution is 2.13. The fourth-order valence-corrected chi connectivity index (χ4v) is 2.93. The average molecular weight is 293 g/mol. The van der Waals surface area contributed by atoms with E-state index >= 15 is 0 Å². The summed E-state index contributed by atoms with van der Waals surface area (Å²) in [7, 11) is 0. The van der Waals surface area contributed by atoms with Crippen molar-refractivity contribution in [2.45, 2.75) is 19.3 Å². The van der Waals surface area contributed by atoms with Crippen LogP contribution in [-0.2, 0) is 4.79 Å². The molecule has 2 aliphatic rings. The van der Waals surface area contributed by atoms with Crippen LogP contribution >= 0.6 is 0 Å². The number of aromatic amines is 1. The molecular weight excluding hydrogens is 270 g/mol. The van der Waals surface area contributed by atoms with Gasteiger partial charge in [-0.3, -0.25) is 15.6 Å². The quantitative estimate of drug-likeness (QED) is 0.668. The van der Waals surface area contributed by atoms with Crippen molar-refractivity contribution in [1.82, 2.24) is 30.9 Å². The third-order valence-corrected chi connectivity index (χ3v) is 4.24. The van der Waals surface area contributed by atoms with Crippen molar-refractivity contribution in [3.63, 3.8) is 0 Å². The largest absolute Gasteiger partial charge is 0.339 e. The van der Waals surface area contributed by atoms with Crippen molar-refractivity contribution in [3.05, 3.63) is 6.33 Å². The topological polar surface area (TPSA) is 89.2 Å². The van der Waals surface area contributed by atoms with Crippen molar-refractivity contribution in [3.8, 4) is 0 Å². The Morgan fingerprint density at radius 1 is 1.24 bits per heavy atom. The standard InChI is InChI=1S/C13H23N7O/c21-12(3-1-2-11-8-15-16-9-11)19-4-6-20(7-5-19)13-14-10-17-18-13/h10-11,15-16H,1-9H2,(H,14,17,18). The van der Waals surface area contributed by atoms with Crippen LogP contribution in [0, 0.1) is 5.92 Å². The molecular formula is C13H23N7O. The lowest BCUT2D eigenvalue weighted by molar-refractivity contribution is -0.131. The van der Waals surface area contributed by atoms with Crippen LogP contribution in [0.3, 0.4) is 0 Å². The fourth-order valence-electron chi connectivity index (χ4n) is 2.93. The van der Waals surface area contributed by atoms with Crippen molar-refractivity contribution in [2.24, 2.45) is 5.92 Å². The predicted octanol–water partition coefficient (Wildman–Crippen LogP) is -0.652. The predicted molar refractivity (Wildman–Crippen MR) is 78.5 cm³/mol. The Balaban J connectivity index is 1.36. The van der Waals surface area contributed by atoms with E-state index in [9.17, 15) is 4.79 Å². The van der Waals surface area contributed by atoms with Gasteiger partial charge in [0.25, 0.3) is 0 Å². The normalized spacial score (nSPS) is 20.2. The first-order valence-corrected chi connectivity index (χ1v) is 7.67. The van der Waals surface area contributed by atoms with Crippen LogP contribution in [0.15, 0.2) is 6.33 Å². The number of hydrazine groups is 1. The van der Waals surface area contributed by atoms with Gasteiger partial charge in [0.2, 0.25) is 11.9 Å². The van der Waals surface area contributed by atoms with Crippen LogP contribution in [-0.4, -0.2) is 65.3 Å². The van der Waals surface area contributed by atoms with Crippen LogP contribution in [0.5, 0.6) is 0 Å². The number of hydrogen-bond donors (Lipinski definition) is 3. The number of anilines is 1. The summed E-state index contributed by atoms with van der Waals surface area (Å²) in [4.78, 5) is 20.5. The Kier molecular flexibility index (Phi) is 4.66. The molecule has 0 spiro atoms. The van der Waals surface area contributed by atoms with Gasteiger partial charge in [-0.05, 0) is 18.8 Å². The van der Waals surface area contributed by atoms with Crippen LogP contribution in [0.4, 0.5) is 5.95 Å². The molecule has 1 amide bonds. The minimum atomic E-state index is 0.283. The summed E-state index contributed by atoms with van der Waals surface area (Å²) < 4.78 is 0. The van der Waals surface area contributed by atoms with E-state index in [1.165, 1.54) is 6.33 Å². The highest BCUT2D eigenvalue weighted by atomic mass is 16.2. The molecule has 21 heavy (non-hydrogen) atoms. The third kappa shape index (κ3) is 3.70. The molecule has 116 valence electrons. The summed E-state index contributed by atoms with van der Waals surface area (Å²) >= 11 is 0. The van der Waals surface area contributed by atoms with Crippen molar-refractivity contribution >= 4 is 11.9 Å². The molecule has 0 saturated carbocycles. The average Bonchev–Trinajstić information content (AvgIpc) is 3.21. The summed E-state index contributed by atoms with van der Waals surface area (Å²) in [6.45, 7) is 5.21. The molecule has 1 aromatic heterocycles. The first kappa shape index (κ1) is 14.3. The fraction of sp³-hybridized carbons (Fsp3) is 0.769. The van der Waals surface area contributed by atoms with E-state index in [0.717, 1.165) is 58.1 Å². The van der Waals surface area contributed by atoms with E-state index in [1.807, 2.05) is 4.90 Å². The second kappa shape index (κ2) is 6.86. The molecule has 2 aliphatic heterocycles. The Morgan fingerprint density at radius 3 is 2.67 bits per heavy atom. The van der Waals surface area contributed by atoms with Gasteiger partial charge in [0, 0.05) is 45.7 Å². The van der Waals surface area contributed by atoms with Crippen LogP contribution in [0.1, 0.15) is 19.3 Å². The molecule has 1 aromatic rings. The number of rotatable bonds is 5. The second-order valence-corrected chi connectivity index (χ2v) is 5.70. The summed E-state index contributed by atoms with van der Waals surface area (Å²) in [5.41, 5.74) is 6.25. The Labute approximate surface area is 124 Å². The Hall–Kier alpha value is -1.67. The SMILES string of the molecule is O=C(CCCC1CNNC1)N1CCN(c2ncn[nH]2)CC1. The number of amides is 1. The van der Waals surface area contributed by atoms with Gasteiger partial charge in [-0.25, -0.2) is 5.10 Å². The zero-order valence-corrected chi connectivity index (χ0v) is 12.2. The monoisotopic (exact) mass is 293 g/mol. The maximum Gasteiger partial charge on any atom is 0.222 e. The number of aromatic nitrogens is 3. The first-order chi connectivity index (χ1) is 10.3. The number of piperazine rings is 1. The number of nitrogens with one attached hydrogen (secondary N) is 3. The molecule has 0 aliphatic carbocycles. The zero-order chi connectivity index (χ0) is 14.5. The number of carbonyl (C=O) groups excluding carboxylic acids is 1. The lowest BCUT2D eigenvalue weighted by Gasteiger charge is -2.34. The van der Waals surface area contributed by atoms with Gasteiger partial charge in [0.05, 0.1) is 0 Å². The highest BCUT2D eigenvalue weighted by Gasteiger charge is 2.22. The van der Waals surface area contributed by atoms with E-state index in [0.29, 0.717) is 12.3 Å². The minimum Gasteiger partial charge on any atom is -0.339 e. The molecule has 0 atom stereocenters. The lowest BCUT2D eigenvalue weighted by Crippen LogP contribution is -2.49. The number of H-pyrrole nitrogens is 1. The summed E-state index contributed by atoms with van der Waals surface area (Å²) in [6.07, 6.45) is 4.28. The van der Waals surface area contributed by atoms with Crippen molar-refractivity contribution in [1.29, 1.82) is 0 Å². The van der Waals surface area contributed by atoms with Gasteiger partial charge in [-0.15, -0.1) is 0 Å². The Bertz CT molecular complexity index is 435. The molecule has 0 aromatic carbocycles. The third-order valence-electron chi connectivity index (χ3n) is 4.24. The summed E-state index contributed by atoms with van der Waals surface area (Å²) in [5, 5.41) is 6.73. The molecule has 3 N–H and O–H groups in total. The maximum absolute atomic E-state index is 12.2. The number of carbonyl (C=O) groups is 1. The van der Waals surface area contributed by atoms with Crippen LogP contribution in [0.2, 0.25) is 0 Å². The molecule has 0 radical (unpaired) electrons. The molecule has 2 saturated heterocycles. The smallest absolute Gasteiger partial charge is 0.222 e. The highest BCUT2D eigenvalue weighted by molar-refractivity contribution is 5.76.